The fourth-order valence-corrected chi connectivity index (χ4v) is 2.59. The Morgan fingerprint density at radius 1 is 1.00 bits per heavy atom. The van der Waals surface area contributed by atoms with Gasteiger partial charge in [0, 0.05) is 5.33 Å². The number of ether oxygens (including phenoxy) is 2. The van der Waals surface area contributed by atoms with E-state index in [9.17, 15) is 4.39 Å². The summed E-state index contributed by atoms with van der Waals surface area (Å²) < 4.78 is 25.0. The van der Waals surface area contributed by atoms with Crippen LogP contribution >= 0.6 is 31.9 Å². The molecule has 0 aromatic heterocycles. The molecule has 2 nitrogen and oxygen atoms in total. The van der Waals surface area contributed by atoms with Gasteiger partial charge >= 0.3 is 0 Å². The summed E-state index contributed by atoms with van der Waals surface area (Å²) in [5.74, 6) is 1.12. The highest BCUT2D eigenvalue weighted by molar-refractivity contribution is 9.10. The molecule has 5 heteroatoms. The zero-order valence-electron chi connectivity index (χ0n) is 11.5. The number of rotatable bonds is 6. The Morgan fingerprint density at radius 2 is 1.76 bits per heavy atom. The van der Waals surface area contributed by atoms with E-state index in [1.165, 1.54) is 6.07 Å². The van der Waals surface area contributed by atoms with E-state index in [-0.39, 0.29) is 5.82 Å². The van der Waals surface area contributed by atoms with Crippen LogP contribution in [0.15, 0.2) is 40.9 Å². The van der Waals surface area contributed by atoms with Crippen molar-refractivity contribution in [2.75, 3.05) is 6.61 Å². The summed E-state index contributed by atoms with van der Waals surface area (Å²) >= 11 is 6.59. The molecule has 0 radical (unpaired) electrons. The largest absolute Gasteiger partial charge is 0.490 e. The SMILES string of the molecule is CCOc1cc(CBr)ccc1OCc1ccc(F)c(Br)c1. The first kappa shape index (κ1) is 16.3. The van der Waals surface area contributed by atoms with Crippen molar-refractivity contribution < 1.29 is 13.9 Å². The van der Waals surface area contributed by atoms with Gasteiger partial charge in [-0.05, 0) is 58.2 Å². The molecule has 0 spiro atoms. The number of alkyl halides is 1. The first-order valence-corrected chi connectivity index (χ1v) is 8.44. The summed E-state index contributed by atoms with van der Waals surface area (Å²) in [7, 11) is 0. The Balaban J connectivity index is 2.13. The van der Waals surface area contributed by atoms with Gasteiger partial charge in [-0.1, -0.05) is 28.1 Å². The first-order chi connectivity index (χ1) is 10.1. The molecular weight excluding hydrogens is 403 g/mol. The molecule has 0 saturated carbocycles. The standard InChI is InChI=1S/C16H15Br2FO2/c1-2-20-16-8-11(9-17)4-6-15(16)21-10-12-3-5-14(19)13(18)7-12/h3-8H,2,9-10H2,1H3. The highest BCUT2D eigenvalue weighted by Gasteiger charge is 2.07. The third-order valence-corrected chi connectivity index (χ3v) is 4.10. The molecule has 0 N–H and O–H groups in total. The van der Waals surface area contributed by atoms with Crippen molar-refractivity contribution in [1.29, 1.82) is 0 Å². The van der Waals surface area contributed by atoms with Crippen molar-refractivity contribution in [2.45, 2.75) is 18.9 Å². The molecule has 0 amide bonds. The monoisotopic (exact) mass is 416 g/mol. The van der Waals surface area contributed by atoms with Crippen molar-refractivity contribution in [3.8, 4) is 11.5 Å². The Kier molecular flexibility index (Phi) is 6.06. The summed E-state index contributed by atoms with van der Waals surface area (Å²) in [5, 5.41) is 0.762. The molecule has 0 atom stereocenters. The molecule has 0 bridgehead atoms. The van der Waals surface area contributed by atoms with Crippen LogP contribution in [0, 0.1) is 5.82 Å². The van der Waals surface area contributed by atoms with Crippen LogP contribution in [0.25, 0.3) is 0 Å². The van der Waals surface area contributed by atoms with Gasteiger partial charge in [-0.2, -0.15) is 0 Å². The topological polar surface area (TPSA) is 18.5 Å². The molecule has 0 unspecified atom stereocenters. The second-order valence-corrected chi connectivity index (χ2v) is 5.80. The summed E-state index contributed by atoms with van der Waals surface area (Å²) in [6.45, 7) is 2.86. The molecule has 0 heterocycles. The van der Waals surface area contributed by atoms with Gasteiger partial charge in [0.05, 0.1) is 11.1 Å². The van der Waals surface area contributed by atoms with Crippen molar-refractivity contribution in [2.24, 2.45) is 0 Å². The Hall–Kier alpha value is -1.07. The van der Waals surface area contributed by atoms with E-state index in [0.29, 0.717) is 23.4 Å². The molecule has 2 aromatic carbocycles. The predicted molar refractivity (Wildman–Crippen MR) is 88.7 cm³/mol. The third kappa shape index (κ3) is 4.45. The second-order valence-electron chi connectivity index (χ2n) is 4.38. The normalized spacial score (nSPS) is 10.5. The summed E-state index contributed by atoms with van der Waals surface area (Å²) in [5.41, 5.74) is 2.01. The molecule has 21 heavy (non-hydrogen) atoms. The van der Waals surface area contributed by atoms with Gasteiger partial charge < -0.3 is 9.47 Å². The quantitative estimate of drug-likeness (QED) is 0.581. The molecule has 2 rings (SSSR count). The zero-order chi connectivity index (χ0) is 15.2. The minimum Gasteiger partial charge on any atom is -0.490 e. The van der Waals surface area contributed by atoms with Crippen LogP contribution in [0.1, 0.15) is 18.1 Å². The van der Waals surface area contributed by atoms with Crippen molar-refractivity contribution in [3.63, 3.8) is 0 Å². The van der Waals surface area contributed by atoms with E-state index in [1.807, 2.05) is 25.1 Å². The lowest BCUT2D eigenvalue weighted by Gasteiger charge is -2.13. The summed E-state index contributed by atoms with van der Waals surface area (Å²) in [6, 6.07) is 10.7. The molecule has 0 fully saturated rings. The maximum atomic E-state index is 13.2. The van der Waals surface area contributed by atoms with Crippen LogP contribution in [0.5, 0.6) is 11.5 Å². The van der Waals surface area contributed by atoms with E-state index in [1.54, 1.807) is 12.1 Å². The number of benzene rings is 2. The molecule has 0 aliphatic heterocycles. The fraction of sp³-hybridized carbons (Fsp3) is 0.250. The minimum absolute atomic E-state index is 0.282. The van der Waals surface area contributed by atoms with E-state index < -0.39 is 0 Å². The molecule has 2 aromatic rings. The van der Waals surface area contributed by atoms with Gasteiger partial charge in [0.2, 0.25) is 0 Å². The second kappa shape index (κ2) is 7.80. The number of hydrogen-bond acceptors (Lipinski definition) is 2. The van der Waals surface area contributed by atoms with Crippen molar-refractivity contribution >= 4 is 31.9 Å². The van der Waals surface area contributed by atoms with Gasteiger partial charge in [0.1, 0.15) is 12.4 Å². The van der Waals surface area contributed by atoms with Crippen LogP contribution in [0.4, 0.5) is 4.39 Å². The smallest absolute Gasteiger partial charge is 0.161 e. The Labute approximate surface area is 140 Å². The van der Waals surface area contributed by atoms with Crippen LogP contribution in [-0.2, 0) is 11.9 Å². The maximum absolute atomic E-state index is 13.2. The highest BCUT2D eigenvalue weighted by atomic mass is 79.9. The van der Waals surface area contributed by atoms with Crippen molar-refractivity contribution in [3.05, 3.63) is 57.8 Å². The molecular formula is C16H15Br2FO2. The predicted octanol–water partition coefficient (Wildman–Crippen LogP) is 5.46. The zero-order valence-corrected chi connectivity index (χ0v) is 14.7. The molecule has 112 valence electrons. The number of hydrogen-bond donors (Lipinski definition) is 0. The molecule has 0 saturated heterocycles. The Morgan fingerprint density at radius 3 is 2.43 bits per heavy atom. The summed E-state index contributed by atoms with van der Waals surface area (Å²) in [4.78, 5) is 0. The summed E-state index contributed by atoms with van der Waals surface area (Å²) in [6.07, 6.45) is 0. The van der Waals surface area contributed by atoms with Gasteiger partial charge in [0.15, 0.2) is 11.5 Å². The van der Waals surface area contributed by atoms with E-state index in [0.717, 1.165) is 22.2 Å². The lowest BCUT2D eigenvalue weighted by Crippen LogP contribution is -2.00. The average Bonchev–Trinajstić information content (AvgIpc) is 2.49. The van der Waals surface area contributed by atoms with Crippen LogP contribution in [0.3, 0.4) is 0 Å². The van der Waals surface area contributed by atoms with E-state index in [2.05, 4.69) is 31.9 Å². The first-order valence-electron chi connectivity index (χ1n) is 6.52. The third-order valence-electron chi connectivity index (χ3n) is 2.84. The van der Waals surface area contributed by atoms with Gasteiger partial charge in [-0.25, -0.2) is 4.39 Å². The van der Waals surface area contributed by atoms with Gasteiger partial charge in [0.25, 0.3) is 0 Å². The van der Waals surface area contributed by atoms with E-state index in [4.69, 9.17) is 9.47 Å². The molecule has 0 aliphatic rings. The average molecular weight is 418 g/mol. The van der Waals surface area contributed by atoms with E-state index >= 15 is 0 Å². The molecule has 0 aliphatic carbocycles. The van der Waals surface area contributed by atoms with Crippen molar-refractivity contribution in [1.82, 2.24) is 0 Å². The van der Waals surface area contributed by atoms with Crippen LogP contribution in [0.2, 0.25) is 0 Å². The van der Waals surface area contributed by atoms with Gasteiger partial charge in [-0.15, -0.1) is 0 Å². The Bertz CT molecular complexity index is 617. The minimum atomic E-state index is -0.282. The highest BCUT2D eigenvalue weighted by Crippen LogP contribution is 2.30. The number of halogens is 3. The van der Waals surface area contributed by atoms with Crippen LogP contribution < -0.4 is 9.47 Å². The lowest BCUT2D eigenvalue weighted by atomic mass is 10.2. The van der Waals surface area contributed by atoms with Crippen LogP contribution in [-0.4, -0.2) is 6.61 Å². The van der Waals surface area contributed by atoms with Gasteiger partial charge in [-0.3, -0.25) is 0 Å². The fourth-order valence-electron chi connectivity index (χ4n) is 1.81. The lowest BCUT2D eigenvalue weighted by molar-refractivity contribution is 0.269. The maximum Gasteiger partial charge on any atom is 0.161 e.